The predicted octanol–water partition coefficient (Wildman–Crippen LogP) is 23.1. The van der Waals surface area contributed by atoms with Gasteiger partial charge in [-0.15, -0.1) is 0 Å². The van der Waals surface area contributed by atoms with Gasteiger partial charge in [0.15, 0.2) is 6.10 Å². The quantitative estimate of drug-likeness (QED) is 0.0343. The van der Waals surface area contributed by atoms with E-state index in [1.807, 2.05) is 0 Å². The van der Waals surface area contributed by atoms with Gasteiger partial charge in [0.1, 0.15) is 13.2 Å². The molecule has 0 aromatic heterocycles. The Morgan fingerprint density at radius 2 is 0.365 bits per heavy atom. The Morgan fingerprint density at radius 1 is 0.216 bits per heavy atom. The summed E-state index contributed by atoms with van der Waals surface area (Å²) < 4.78 is 16.9. The number of rotatable bonds is 64. The van der Waals surface area contributed by atoms with Gasteiger partial charge in [-0.3, -0.25) is 14.4 Å². The molecule has 0 amide bonds. The minimum Gasteiger partial charge on any atom is -0.462 e. The monoisotopic (exact) mass is 1050 g/mol. The molecule has 0 aromatic carbocycles. The summed E-state index contributed by atoms with van der Waals surface area (Å²) in [6.07, 6.45) is 74.5. The third-order valence-electron chi connectivity index (χ3n) is 15.9. The van der Waals surface area contributed by atoms with Crippen molar-refractivity contribution >= 4 is 17.9 Å². The van der Waals surface area contributed by atoms with Crippen molar-refractivity contribution in [3.8, 4) is 0 Å². The van der Waals surface area contributed by atoms with E-state index >= 15 is 0 Å². The van der Waals surface area contributed by atoms with Crippen LogP contribution in [-0.2, 0) is 28.6 Å². The third kappa shape index (κ3) is 61.3. The van der Waals surface area contributed by atoms with Crippen molar-refractivity contribution in [2.24, 2.45) is 0 Å². The number of esters is 3. The van der Waals surface area contributed by atoms with E-state index in [4.69, 9.17) is 14.2 Å². The molecule has 74 heavy (non-hydrogen) atoms. The predicted molar refractivity (Wildman–Crippen MR) is 321 cm³/mol. The summed E-state index contributed by atoms with van der Waals surface area (Å²) in [6, 6.07) is 0. The molecule has 0 N–H and O–H groups in total. The van der Waals surface area contributed by atoms with E-state index in [1.165, 1.54) is 302 Å². The van der Waals surface area contributed by atoms with E-state index in [9.17, 15) is 14.4 Å². The minimum atomic E-state index is -0.761. The molecule has 0 radical (unpaired) electrons. The van der Waals surface area contributed by atoms with Crippen molar-refractivity contribution in [2.45, 2.75) is 406 Å². The van der Waals surface area contributed by atoms with Gasteiger partial charge in [-0.05, 0) is 19.3 Å². The zero-order chi connectivity index (χ0) is 53.6. The Kier molecular flexibility index (Phi) is 62.6. The molecule has 0 aromatic rings. The Bertz CT molecular complexity index is 1110. The first kappa shape index (κ1) is 72.4. The Morgan fingerprint density at radius 3 is 0.541 bits per heavy atom. The molecule has 0 aliphatic heterocycles. The molecule has 6 nitrogen and oxygen atoms in total. The number of carbonyl (C=O) groups is 3. The second kappa shape index (κ2) is 63.9. The van der Waals surface area contributed by atoms with Crippen LogP contribution >= 0.6 is 0 Å². The molecule has 0 saturated carbocycles. The fourth-order valence-corrected chi connectivity index (χ4v) is 10.7. The Hall–Kier alpha value is -1.59. The fourth-order valence-electron chi connectivity index (χ4n) is 10.7. The van der Waals surface area contributed by atoms with Crippen LogP contribution in [0.5, 0.6) is 0 Å². The molecular formula is C68H132O6. The van der Waals surface area contributed by atoms with E-state index in [1.54, 1.807) is 0 Å². The van der Waals surface area contributed by atoms with Gasteiger partial charge in [0.2, 0.25) is 0 Å². The summed E-state index contributed by atoms with van der Waals surface area (Å²) in [6.45, 7) is 6.68. The Labute approximate surface area is 463 Å². The van der Waals surface area contributed by atoms with Gasteiger partial charge in [-0.25, -0.2) is 0 Å². The maximum atomic E-state index is 12.9. The molecule has 1 unspecified atom stereocenters. The van der Waals surface area contributed by atoms with Gasteiger partial charge in [-0.1, -0.05) is 361 Å². The van der Waals surface area contributed by atoms with Gasteiger partial charge in [0, 0.05) is 19.3 Å². The molecule has 0 saturated heterocycles. The molecule has 6 heteroatoms. The zero-order valence-corrected chi connectivity index (χ0v) is 50.7. The molecule has 0 fully saturated rings. The van der Waals surface area contributed by atoms with Crippen molar-refractivity contribution in [3.63, 3.8) is 0 Å². The lowest BCUT2D eigenvalue weighted by Crippen LogP contribution is -2.30. The second-order valence-corrected chi connectivity index (χ2v) is 23.5. The smallest absolute Gasteiger partial charge is 0.306 e. The summed E-state index contributed by atoms with van der Waals surface area (Å²) in [5.74, 6) is -0.836. The largest absolute Gasteiger partial charge is 0.462 e. The van der Waals surface area contributed by atoms with Crippen molar-refractivity contribution in [1.29, 1.82) is 0 Å². The molecule has 0 aliphatic rings. The highest BCUT2D eigenvalue weighted by molar-refractivity contribution is 5.71. The maximum absolute atomic E-state index is 12.9. The van der Waals surface area contributed by atoms with E-state index in [0.29, 0.717) is 19.3 Å². The topological polar surface area (TPSA) is 78.9 Å². The summed E-state index contributed by atoms with van der Waals surface area (Å²) >= 11 is 0. The average molecular weight is 1050 g/mol. The number of hydrogen-bond acceptors (Lipinski definition) is 6. The van der Waals surface area contributed by atoms with Crippen LogP contribution in [0.2, 0.25) is 0 Å². The van der Waals surface area contributed by atoms with Gasteiger partial charge in [-0.2, -0.15) is 0 Å². The van der Waals surface area contributed by atoms with E-state index < -0.39 is 6.10 Å². The molecule has 0 heterocycles. The normalized spacial score (nSPS) is 11.9. The van der Waals surface area contributed by atoms with Crippen LogP contribution in [0.3, 0.4) is 0 Å². The first-order valence-corrected chi connectivity index (χ1v) is 34.0. The third-order valence-corrected chi connectivity index (χ3v) is 15.9. The van der Waals surface area contributed by atoms with Gasteiger partial charge < -0.3 is 14.2 Å². The van der Waals surface area contributed by atoms with Crippen LogP contribution in [0.25, 0.3) is 0 Å². The first-order chi connectivity index (χ1) is 36.5. The zero-order valence-electron chi connectivity index (χ0n) is 50.7. The van der Waals surface area contributed by atoms with Crippen molar-refractivity contribution in [3.05, 3.63) is 0 Å². The van der Waals surface area contributed by atoms with Crippen molar-refractivity contribution < 1.29 is 28.6 Å². The van der Waals surface area contributed by atoms with Crippen LogP contribution in [0.1, 0.15) is 400 Å². The first-order valence-electron chi connectivity index (χ1n) is 34.0. The highest BCUT2D eigenvalue weighted by Gasteiger charge is 2.19. The molecule has 0 spiro atoms. The highest BCUT2D eigenvalue weighted by Crippen LogP contribution is 2.19. The fraction of sp³-hybridized carbons (Fsp3) is 0.956. The van der Waals surface area contributed by atoms with Crippen LogP contribution in [-0.4, -0.2) is 37.2 Å². The summed E-state index contributed by atoms with van der Waals surface area (Å²) in [4.78, 5) is 38.1. The van der Waals surface area contributed by atoms with Gasteiger partial charge >= 0.3 is 17.9 Å². The second-order valence-electron chi connectivity index (χ2n) is 23.5. The van der Waals surface area contributed by atoms with E-state index in [2.05, 4.69) is 20.8 Å². The lowest BCUT2D eigenvalue weighted by molar-refractivity contribution is -0.167. The Balaban J connectivity index is 3.96. The van der Waals surface area contributed by atoms with Crippen molar-refractivity contribution in [1.82, 2.24) is 0 Å². The average Bonchev–Trinajstić information content (AvgIpc) is 3.40. The van der Waals surface area contributed by atoms with Crippen LogP contribution in [0.15, 0.2) is 0 Å². The van der Waals surface area contributed by atoms with Crippen LogP contribution < -0.4 is 0 Å². The molecular weight excluding hydrogens is 913 g/mol. The summed E-state index contributed by atoms with van der Waals surface area (Å²) in [5.41, 5.74) is 0. The number of ether oxygens (including phenoxy) is 3. The van der Waals surface area contributed by atoms with Crippen LogP contribution in [0.4, 0.5) is 0 Å². The van der Waals surface area contributed by atoms with Gasteiger partial charge in [0.05, 0.1) is 0 Å². The number of unbranched alkanes of at least 4 members (excludes halogenated alkanes) is 53. The lowest BCUT2D eigenvalue weighted by Gasteiger charge is -2.18. The molecule has 0 aliphatic carbocycles. The number of carbonyl (C=O) groups excluding carboxylic acids is 3. The summed E-state index contributed by atoms with van der Waals surface area (Å²) in [7, 11) is 0. The molecule has 0 bridgehead atoms. The van der Waals surface area contributed by atoms with Crippen LogP contribution in [0, 0.1) is 0 Å². The maximum Gasteiger partial charge on any atom is 0.306 e. The van der Waals surface area contributed by atoms with Gasteiger partial charge in [0.25, 0.3) is 0 Å². The van der Waals surface area contributed by atoms with E-state index in [-0.39, 0.29) is 31.1 Å². The van der Waals surface area contributed by atoms with Crippen molar-refractivity contribution in [2.75, 3.05) is 13.2 Å². The SMILES string of the molecule is CCCCCCCCCCCCCCCCCCCCCCCCCCCCCCCCC(=O)OCC(COC(=O)CCCCCCCCC)OC(=O)CCCCCCCCCCCCCCCCCCCCC. The highest BCUT2D eigenvalue weighted by atomic mass is 16.6. The standard InChI is InChI=1S/C68H132O6/c1-4-7-10-13-16-18-20-22-24-26-28-29-30-31-32-33-34-35-36-37-38-40-41-43-45-47-49-52-55-58-61-67(70)73-64-65(63-72-66(69)60-57-54-51-15-12-9-6-3)74-68(71)62-59-56-53-50-48-46-44-42-39-27-25-23-21-19-17-14-11-8-5-2/h65H,4-64H2,1-3H3. The lowest BCUT2D eigenvalue weighted by atomic mass is 10.0. The van der Waals surface area contributed by atoms with E-state index in [0.717, 1.165) is 57.8 Å². The molecule has 0 rings (SSSR count). The summed E-state index contributed by atoms with van der Waals surface area (Å²) in [5, 5.41) is 0. The number of hydrogen-bond donors (Lipinski definition) is 0. The molecule has 440 valence electrons. The molecule has 1 atom stereocenters. The minimum absolute atomic E-state index is 0.0614.